The maximum absolute atomic E-state index is 12.6. The maximum Gasteiger partial charge on any atom is 0.308 e. The molecule has 3 saturated heterocycles. The molecule has 8 fully saturated rings. The first-order valence-electron chi connectivity index (χ1n) is 19.8. The molecule has 0 amide bonds. The number of hydrogen-bond donors (Lipinski definition) is 2. The third-order valence-corrected chi connectivity index (χ3v) is 15.8. The number of aliphatic hydroxyl groups is 2. The van der Waals surface area contributed by atoms with Gasteiger partial charge in [0.05, 0.1) is 62.2 Å². The van der Waals surface area contributed by atoms with Crippen LogP contribution >= 0.6 is 0 Å². The summed E-state index contributed by atoms with van der Waals surface area (Å²) in [5.41, 5.74) is 0.256. The molecular formula is C40H69NO8. The van der Waals surface area contributed by atoms with Gasteiger partial charge in [-0.15, -0.1) is 0 Å². The van der Waals surface area contributed by atoms with Gasteiger partial charge in [0.15, 0.2) is 12.4 Å². The molecule has 8 rings (SSSR count). The Morgan fingerprint density at radius 3 is 2.37 bits per heavy atom. The van der Waals surface area contributed by atoms with E-state index in [1.807, 2.05) is 13.8 Å². The van der Waals surface area contributed by atoms with Gasteiger partial charge in [0.25, 0.3) is 0 Å². The quantitative estimate of drug-likeness (QED) is 0.319. The van der Waals surface area contributed by atoms with Crippen LogP contribution in [0.5, 0.6) is 0 Å². The fourth-order valence-electron chi connectivity index (χ4n) is 13.3. The Kier molecular flexibility index (Phi) is 9.65. The van der Waals surface area contributed by atoms with E-state index in [4.69, 9.17) is 28.8 Å². The first-order chi connectivity index (χ1) is 23.2. The lowest BCUT2D eigenvalue weighted by Gasteiger charge is -2.60. The van der Waals surface area contributed by atoms with Crippen LogP contribution in [0.25, 0.3) is 0 Å². The fourth-order valence-corrected chi connectivity index (χ4v) is 13.3. The summed E-state index contributed by atoms with van der Waals surface area (Å²) < 4.78 is 31.5. The summed E-state index contributed by atoms with van der Waals surface area (Å²) in [6, 6.07) is 0.535. The lowest BCUT2D eigenvalue weighted by molar-refractivity contribution is -0.253. The minimum Gasteiger partial charge on any atom is -0.456 e. The number of esters is 1. The number of aliphatic hydroxyl groups excluding tert-OH is 1. The second-order valence-electron chi connectivity index (χ2n) is 19.1. The smallest absolute Gasteiger partial charge is 0.308 e. The molecule has 5 aliphatic carbocycles. The van der Waals surface area contributed by atoms with Crippen LogP contribution in [0.2, 0.25) is 0 Å². The molecule has 3 aliphatic heterocycles. The monoisotopic (exact) mass is 692 g/mol. The number of hydrogen-bond acceptors (Lipinski definition) is 9. The van der Waals surface area contributed by atoms with E-state index in [0.29, 0.717) is 40.0 Å². The Balaban J connectivity index is 0.00000142. The van der Waals surface area contributed by atoms with Crippen LogP contribution in [0.4, 0.5) is 0 Å². The van der Waals surface area contributed by atoms with Crippen LogP contribution < -0.4 is 0 Å². The van der Waals surface area contributed by atoms with E-state index in [2.05, 4.69) is 25.7 Å². The van der Waals surface area contributed by atoms with Crippen molar-refractivity contribution in [1.29, 1.82) is 0 Å². The Hall–Kier alpha value is -0.810. The molecule has 0 radical (unpaired) electrons. The standard InChI is InChI=1S/C39H63NO7.CH4O.H2/c1-23(2)34(41)47-33(36(5,6)42)28-10-8-26-29(45-28)18-27-25-9-11-30-35(3,4)31(46-32-19-40(16-17-44-32)24-20-43-21-24)12-13-39(30)22-38(25,39)15-14-37(26,27)7;1-2;/h23-33,42H,8-22H2,1-7H3;2H,1H3;1H/t25?,26?,27?,28?,29?,30?,31-,32?,33-,37?,38-,39?;;/m0../s1. The highest BCUT2D eigenvalue weighted by Crippen LogP contribution is 2.87. The predicted octanol–water partition coefficient (Wildman–Crippen LogP) is 5.83. The number of ether oxygens (including phenoxy) is 5. The second-order valence-corrected chi connectivity index (χ2v) is 19.1. The van der Waals surface area contributed by atoms with E-state index in [9.17, 15) is 9.90 Å². The average Bonchev–Trinajstić information content (AvgIpc) is 3.60. The molecule has 9 nitrogen and oxygen atoms in total. The number of fused-ring (bicyclic) bond motifs is 4. The van der Waals surface area contributed by atoms with Crippen molar-refractivity contribution in [2.75, 3.05) is 40.0 Å². The topological polar surface area (TPSA) is 107 Å². The van der Waals surface area contributed by atoms with Crippen molar-refractivity contribution < 1.29 is 40.1 Å². The zero-order chi connectivity index (χ0) is 35.1. The van der Waals surface area contributed by atoms with Crippen molar-refractivity contribution in [2.24, 2.45) is 51.2 Å². The van der Waals surface area contributed by atoms with E-state index in [-0.39, 0.29) is 43.3 Å². The minimum absolute atomic E-state index is 0. The van der Waals surface area contributed by atoms with E-state index < -0.39 is 11.7 Å². The van der Waals surface area contributed by atoms with Crippen LogP contribution in [0, 0.1) is 51.2 Å². The molecule has 49 heavy (non-hydrogen) atoms. The van der Waals surface area contributed by atoms with Crippen molar-refractivity contribution in [3.63, 3.8) is 0 Å². The lowest BCUT2D eigenvalue weighted by Crippen LogP contribution is -2.58. The molecule has 282 valence electrons. The third-order valence-electron chi connectivity index (χ3n) is 15.8. The van der Waals surface area contributed by atoms with Crippen LogP contribution in [-0.4, -0.2) is 103 Å². The van der Waals surface area contributed by atoms with E-state index >= 15 is 0 Å². The molecule has 5 saturated carbocycles. The molecule has 0 aromatic rings. The van der Waals surface area contributed by atoms with Gasteiger partial charge in [-0.05, 0) is 123 Å². The van der Waals surface area contributed by atoms with Crippen molar-refractivity contribution in [3.05, 3.63) is 0 Å². The highest BCUT2D eigenvalue weighted by atomic mass is 16.7. The molecule has 9 heteroatoms. The Bertz CT molecular complexity index is 1220. The largest absolute Gasteiger partial charge is 0.456 e. The normalized spacial score (nSPS) is 46.4. The van der Waals surface area contributed by atoms with Crippen LogP contribution in [0.3, 0.4) is 0 Å². The average molecular weight is 692 g/mol. The van der Waals surface area contributed by atoms with Crippen molar-refractivity contribution in [3.8, 4) is 0 Å². The zero-order valence-corrected chi connectivity index (χ0v) is 31.7. The maximum atomic E-state index is 12.6. The van der Waals surface area contributed by atoms with Gasteiger partial charge >= 0.3 is 5.97 Å². The SMILES string of the molecule is CC(C)C(=O)O[C@@H](C1CCC2C(CC3C4CCC5C(C)(C)[C@@H](OC6CN(C7COC7)CCO6)CCC56C[C@@]46CCC23C)O1)C(C)(C)O.CO.[HH]. The molecule has 8 aliphatic rings. The van der Waals surface area contributed by atoms with Crippen molar-refractivity contribution >= 4 is 5.97 Å². The third kappa shape index (κ3) is 5.77. The summed E-state index contributed by atoms with van der Waals surface area (Å²) in [5.74, 6) is 2.25. The van der Waals surface area contributed by atoms with Gasteiger partial charge in [-0.2, -0.15) is 0 Å². The number of rotatable bonds is 7. The van der Waals surface area contributed by atoms with Crippen LogP contribution in [0.15, 0.2) is 0 Å². The van der Waals surface area contributed by atoms with Crippen LogP contribution in [0.1, 0.15) is 114 Å². The van der Waals surface area contributed by atoms with Crippen molar-refractivity contribution in [1.82, 2.24) is 4.90 Å². The van der Waals surface area contributed by atoms with Gasteiger partial charge in [0.2, 0.25) is 0 Å². The summed E-state index contributed by atoms with van der Waals surface area (Å²) in [7, 11) is 1.00. The van der Waals surface area contributed by atoms with Gasteiger partial charge in [-0.1, -0.05) is 34.6 Å². The molecule has 0 aromatic carbocycles. The Labute approximate surface area is 296 Å². The zero-order valence-electron chi connectivity index (χ0n) is 31.7. The van der Waals surface area contributed by atoms with Crippen molar-refractivity contribution in [2.45, 2.75) is 155 Å². The minimum atomic E-state index is -1.15. The molecular weight excluding hydrogens is 622 g/mol. The molecule has 3 heterocycles. The summed E-state index contributed by atoms with van der Waals surface area (Å²) >= 11 is 0. The van der Waals surface area contributed by atoms with Gasteiger partial charge in [0.1, 0.15) is 0 Å². The first kappa shape index (κ1) is 36.5. The summed E-state index contributed by atoms with van der Waals surface area (Å²) in [4.78, 5) is 15.2. The summed E-state index contributed by atoms with van der Waals surface area (Å²) in [6.07, 6.45) is 11.7. The molecule has 2 spiro atoms. The highest BCUT2D eigenvalue weighted by molar-refractivity contribution is 5.71. The van der Waals surface area contributed by atoms with Crippen LogP contribution in [-0.2, 0) is 28.5 Å². The van der Waals surface area contributed by atoms with E-state index in [1.54, 1.807) is 13.8 Å². The number of morpholine rings is 1. The first-order valence-corrected chi connectivity index (χ1v) is 19.8. The summed E-state index contributed by atoms with van der Waals surface area (Å²) in [6.45, 7) is 19.2. The molecule has 0 bridgehead atoms. The van der Waals surface area contributed by atoms with Gasteiger partial charge in [-0.25, -0.2) is 0 Å². The summed E-state index contributed by atoms with van der Waals surface area (Å²) in [5, 5.41) is 18.1. The highest BCUT2D eigenvalue weighted by Gasteiger charge is 2.80. The fraction of sp³-hybridized carbons (Fsp3) is 0.975. The molecule has 2 N–H and O–H groups in total. The Morgan fingerprint density at radius 1 is 0.959 bits per heavy atom. The number of nitrogens with zero attached hydrogens (tertiary/aromatic N) is 1. The van der Waals surface area contributed by atoms with Gasteiger partial charge in [-0.3, -0.25) is 9.69 Å². The molecule has 9 unspecified atom stereocenters. The second kappa shape index (κ2) is 12.9. The Morgan fingerprint density at radius 2 is 1.69 bits per heavy atom. The van der Waals surface area contributed by atoms with E-state index in [0.717, 1.165) is 71.6 Å². The van der Waals surface area contributed by atoms with E-state index in [1.165, 1.54) is 38.5 Å². The number of carbonyl (C=O) groups excluding carboxylic acids is 1. The lowest BCUT2D eigenvalue weighted by atomic mass is 9.46. The van der Waals surface area contributed by atoms with Gasteiger partial charge in [0, 0.05) is 15.1 Å². The number of carbonyl (C=O) groups is 1. The molecule has 12 atom stereocenters. The predicted molar refractivity (Wildman–Crippen MR) is 188 cm³/mol. The van der Waals surface area contributed by atoms with Gasteiger partial charge < -0.3 is 33.9 Å². The molecule has 0 aromatic heterocycles.